The summed E-state index contributed by atoms with van der Waals surface area (Å²) in [5.41, 5.74) is 16.2. The van der Waals surface area contributed by atoms with Crippen molar-refractivity contribution < 1.29 is 29.4 Å². The molecular weight excluding hydrogens is 442 g/mol. The number of carboxylic acid groups (broad SMARTS) is 1. The number of rotatable bonds is 15. The van der Waals surface area contributed by atoms with Crippen LogP contribution in [0.25, 0.3) is 0 Å². The molecule has 0 rings (SSSR count). The molecule has 0 saturated heterocycles. The number of aliphatic imine (C=N–C) groups is 1. The Hall–Kier alpha value is -2.58. The minimum absolute atomic E-state index is 0.0593. The van der Waals surface area contributed by atoms with Crippen molar-refractivity contribution in [2.75, 3.05) is 18.9 Å². The third-order valence-corrected chi connectivity index (χ3v) is 5.10. The van der Waals surface area contributed by atoms with E-state index in [1.54, 1.807) is 13.8 Å². The lowest BCUT2D eigenvalue weighted by Crippen LogP contribution is -2.59. The van der Waals surface area contributed by atoms with Gasteiger partial charge in [-0.15, -0.1) is 0 Å². The van der Waals surface area contributed by atoms with Crippen molar-refractivity contribution in [2.45, 2.75) is 57.3 Å². The number of carbonyl (C=O) groups is 4. The van der Waals surface area contributed by atoms with Gasteiger partial charge in [0.1, 0.15) is 18.1 Å². The van der Waals surface area contributed by atoms with E-state index in [9.17, 15) is 19.2 Å². The Bertz CT molecular complexity index is 674. The molecule has 5 unspecified atom stereocenters. The van der Waals surface area contributed by atoms with Crippen molar-refractivity contribution >= 4 is 42.3 Å². The highest BCUT2D eigenvalue weighted by atomic mass is 32.1. The van der Waals surface area contributed by atoms with Crippen LogP contribution >= 0.6 is 12.6 Å². The Labute approximate surface area is 192 Å². The largest absolute Gasteiger partial charge is 0.480 e. The maximum Gasteiger partial charge on any atom is 0.328 e. The molecule has 32 heavy (non-hydrogen) atoms. The quantitative estimate of drug-likeness (QED) is 0.0501. The van der Waals surface area contributed by atoms with Gasteiger partial charge in [-0.3, -0.25) is 19.4 Å². The van der Waals surface area contributed by atoms with E-state index in [4.69, 9.17) is 27.4 Å². The molecule has 0 aliphatic heterocycles. The van der Waals surface area contributed by atoms with Crippen LogP contribution in [0.2, 0.25) is 0 Å². The van der Waals surface area contributed by atoms with E-state index in [0.29, 0.717) is 12.8 Å². The molecule has 0 aromatic heterocycles. The van der Waals surface area contributed by atoms with E-state index in [-0.39, 0.29) is 30.6 Å². The smallest absolute Gasteiger partial charge is 0.328 e. The summed E-state index contributed by atoms with van der Waals surface area (Å²) in [4.78, 5) is 52.7. The average Bonchev–Trinajstić information content (AvgIpc) is 2.75. The van der Waals surface area contributed by atoms with Crippen molar-refractivity contribution in [1.82, 2.24) is 16.0 Å². The van der Waals surface area contributed by atoms with E-state index in [2.05, 4.69) is 33.6 Å². The molecule has 0 spiro atoms. The minimum atomic E-state index is -1.52. The van der Waals surface area contributed by atoms with Gasteiger partial charge in [0.05, 0.1) is 12.6 Å². The van der Waals surface area contributed by atoms with Gasteiger partial charge in [0.2, 0.25) is 17.7 Å². The number of nitrogens with one attached hydrogen (secondary N) is 3. The van der Waals surface area contributed by atoms with E-state index < -0.39 is 54.5 Å². The summed E-state index contributed by atoms with van der Waals surface area (Å²) in [7, 11) is 0. The van der Waals surface area contributed by atoms with Crippen LogP contribution in [0.4, 0.5) is 0 Å². The molecule has 0 bridgehead atoms. The van der Waals surface area contributed by atoms with Gasteiger partial charge in [-0.25, -0.2) is 4.79 Å². The standard InChI is InChI=1S/C18H35N7O6S/c1-3-9(2)13(16(29)24-12(7-26)17(30)31)25-15(28)11(5-4-6-22-18(20)21)23-14(27)10(19)8-32/h9-13,26,32H,3-8,19H2,1-2H3,(H,23,27)(H,24,29)(H,25,28)(H,30,31)(H4,20,21,22). The highest BCUT2D eigenvalue weighted by molar-refractivity contribution is 7.80. The molecule has 184 valence electrons. The fourth-order valence-corrected chi connectivity index (χ4v) is 2.70. The van der Waals surface area contributed by atoms with E-state index in [1.807, 2.05) is 0 Å². The number of hydrogen-bond acceptors (Lipinski definition) is 8. The number of thiol groups is 1. The first-order valence-electron chi connectivity index (χ1n) is 10.1. The van der Waals surface area contributed by atoms with Crippen LogP contribution < -0.4 is 33.2 Å². The maximum absolute atomic E-state index is 12.9. The van der Waals surface area contributed by atoms with Gasteiger partial charge < -0.3 is 43.4 Å². The molecule has 0 aliphatic rings. The topological polar surface area (TPSA) is 235 Å². The molecule has 0 aromatic carbocycles. The number of aliphatic hydroxyl groups excluding tert-OH is 1. The molecule has 0 fully saturated rings. The van der Waals surface area contributed by atoms with Crippen LogP contribution in [-0.4, -0.2) is 82.9 Å². The molecule has 11 N–H and O–H groups in total. The monoisotopic (exact) mass is 477 g/mol. The van der Waals surface area contributed by atoms with Crippen LogP contribution in [-0.2, 0) is 19.2 Å². The van der Waals surface area contributed by atoms with Crippen molar-refractivity contribution in [3.8, 4) is 0 Å². The lowest BCUT2D eigenvalue weighted by molar-refractivity contribution is -0.143. The second-order valence-corrected chi connectivity index (χ2v) is 7.62. The number of aliphatic carboxylic acids is 1. The molecule has 0 aliphatic carbocycles. The average molecular weight is 478 g/mol. The first-order valence-corrected chi connectivity index (χ1v) is 10.8. The van der Waals surface area contributed by atoms with Crippen LogP contribution in [0.1, 0.15) is 33.1 Å². The number of amides is 3. The number of hydrogen-bond donors (Lipinski definition) is 9. The molecule has 5 atom stereocenters. The second-order valence-electron chi connectivity index (χ2n) is 7.25. The summed E-state index contributed by atoms with van der Waals surface area (Å²) >= 11 is 3.96. The van der Waals surface area contributed by atoms with E-state index in [1.165, 1.54) is 0 Å². The summed E-state index contributed by atoms with van der Waals surface area (Å²) in [6.07, 6.45) is 0.982. The number of nitrogens with two attached hydrogens (primary N) is 3. The molecular formula is C18H35N7O6S. The van der Waals surface area contributed by atoms with E-state index in [0.717, 1.165) is 0 Å². The summed E-state index contributed by atoms with van der Waals surface area (Å²) in [6, 6.07) is -4.61. The first-order chi connectivity index (χ1) is 15.0. The second kappa shape index (κ2) is 15.3. The predicted molar refractivity (Wildman–Crippen MR) is 122 cm³/mol. The normalized spacial score (nSPS) is 15.4. The Morgan fingerprint density at radius 2 is 1.62 bits per heavy atom. The fraction of sp³-hybridized carbons (Fsp3) is 0.722. The lowest BCUT2D eigenvalue weighted by atomic mass is 9.97. The van der Waals surface area contributed by atoms with Gasteiger partial charge in [-0.05, 0) is 18.8 Å². The van der Waals surface area contributed by atoms with Crippen molar-refractivity contribution in [3.05, 3.63) is 0 Å². The summed E-state index contributed by atoms with van der Waals surface area (Å²) in [6.45, 7) is 2.89. The van der Waals surface area contributed by atoms with Gasteiger partial charge in [-0.1, -0.05) is 20.3 Å². The van der Waals surface area contributed by atoms with E-state index >= 15 is 0 Å². The summed E-state index contributed by atoms with van der Waals surface area (Å²) in [5.74, 6) is -3.87. The molecule has 14 heteroatoms. The molecule has 3 amide bonds. The van der Waals surface area contributed by atoms with Crippen LogP contribution in [0, 0.1) is 5.92 Å². The van der Waals surface area contributed by atoms with Gasteiger partial charge in [0, 0.05) is 12.3 Å². The zero-order valence-electron chi connectivity index (χ0n) is 18.3. The number of aliphatic hydroxyl groups is 1. The fourth-order valence-electron chi connectivity index (χ4n) is 2.54. The Morgan fingerprint density at radius 1 is 1.03 bits per heavy atom. The van der Waals surface area contributed by atoms with Crippen LogP contribution in [0.15, 0.2) is 4.99 Å². The zero-order chi connectivity index (χ0) is 24.8. The Kier molecular flexibility index (Phi) is 14.0. The number of carboxylic acids is 1. The van der Waals surface area contributed by atoms with Crippen molar-refractivity contribution in [1.29, 1.82) is 0 Å². The third-order valence-electron chi connectivity index (χ3n) is 4.70. The molecule has 0 heterocycles. The molecule has 13 nitrogen and oxygen atoms in total. The molecule has 0 radical (unpaired) electrons. The Balaban J connectivity index is 5.49. The van der Waals surface area contributed by atoms with Crippen molar-refractivity contribution in [3.63, 3.8) is 0 Å². The number of nitrogens with zero attached hydrogens (tertiary/aromatic N) is 1. The predicted octanol–water partition coefficient (Wildman–Crippen LogP) is -3.13. The summed E-state index contributed by atoms with van der Waals surface area (Å²) < 4.78 is 0. The molecule has 0 aromatic rings. The number of guanidine groups is 1. The van der Waals surface area contributed by atoms with Crippen LogP contribution in [0.5, 0.6) is 0 Å². The maximum atomic E-state index is 12.9. The van der Waals surface area contributed by atoms with Gasteiger partial charge in [-0.2, -0.15) is 12.6 Å². The summed E-state index contributed by atoms with van der Waals surface area (Å²) in [5, 5.41) is 25.5. The molecule has 0 saturated carbocycles. The number of carbonyl (C=O) groups excluding carboxylic acids is 3. The first kappa shape index (κ1) is 29.4. The highest BCUT2D eigenvalue weighted by Gasteiger charge is 2.32. The SMILES string of the molecule is CCC(C)C(NC(=O)C(CCCN=C(N)N)NC(=O)C(N)CS)C(=O)NC(CO)C(=O)O. The van der Waals surface area contributed by atoms with Gasteiger partial charge >= 0.3 is 5.97 Å². The van der Waals surface area contributed by atoms with Gasteiger partial charge in [0.25, 0.3) is 0 Å². The van der Waals surface area contributed by atoms with Gasteiger partial charge in [0.15, 0.2) is 5.96 Å². The van der Waals surface area contributed by atoms with Crippen LogP contribution in [0.3, 0.4) is 0 Å². The third kappa shape index (κ3) is 10.6. The minimum Gasteiger partial charge on any atom is -0.480 e. The van der Waals surface area contributed by atoms with Crippen molar-refractivity contribution in [2.24, 2.45) is 28.1 Å². The lowest BCUT2D eigenvalue weighted by Gasteiger charge is -2.27. The zero-order valence-corrected chi connectivity index (χ0v) is 19.2. The highest BCUT2D eigenvalue weighted by Crippen LogP contribution is 2.10. The Morgan fingerprint density at radius 3 is 2.09 bits per heavy atom.